The van der Waals surface area contributed by atoms with Gasteiger partial charge in [0.15, 0.2) is 5.16 Å². The zero-order valence-electron chi connectivity index (χ0n) is 14.7. The number of benzene rings is 2. The second-order valence-electron chi connectivity index (χ2n) is 5.99. The number of hydrogen-bond donors (Lipinski definition) is 1. The first-order valence-corrected chi connectivity index (χ1v) is 9.27. The highest BCUT2D eigenvalue weighted by atomic mass is 32.2. The van der Waals surface area contributed by atoms with Crippen molar-refractivity contribution in [3.8, 4) is 5.69 Å². The van der Waals surface area contributed by atoms with Gasteiger partial charge in [0, 0.05) is 18.9 Å². The molecule has 0 fully saturated rings. The molecule has 0 aliphatic heterocycles. The zero-order chi connectivity index (χ0) is 18.5. The van der Waals surface area contributed by atoms with Gasteiger partial charge < -0.3 is 5.32 Å². The standard InChI is InChI=1S/C20H20FN3OS/c1-14-4-3-5-18(15(14)2)24-11-10-22-20(24)26-13-19(25)23-12-16-6-8-17(21)9-7-16/h3-11H,12-13H2,1-2H3,(H,23,25). The quantitative estimate of drug-likeness (QED) is 0.667. The minimum atomic E-state index is -0.283. The molecule has 6 heteroatoms. The summed E-state index contributed by atoms with van der Waals surface area (Å²) < 4.78 is 14.9. The topological polar surface area (TPSA) is 46.9 Å². The van der Waals surface area contributed by atoms with Crippen molar-refractivity contribution in [3.63, 3.8) is 0 Å². The first-order chi connectivity index (χ1) is 12.5. The lowest BCUT2D eigenvalue weighted by Crippen LogP contribution is -2.24. The number of hydrogen-bond acceptors (Lipinski definition) is 3. The van der Waals surface area contributed by atoms with Crippen LogP contribution in [0.2, 0.25) is 0 Å². The Labute approximate surface area is 156 Å². The minimum absolute atomic E-state index is 0.0881. The molecule has 1 heterocycles. The summed E-state index contributed by atoms with van der Waals surface area (Å²) in [6, 6.07) is 12.2. The van der Waals surface area contributed by atoms with Crippen LogP contribution >= 0.6 is 11.8 Å². The summed E-state index contributed by atoms with van der Waals surface area (Å²) in [6.45, 7) is 4.53. The van der Waals surface area contributed by atoms with Crippen molar-refractivity contribution < 1.29 is 9.18 Å². The molecule has 1 amide bonds. The lowest BCUT2D eigenvalue weighted by Gasteiger charge is -2.12. The SMILES string of the molecule is Cc1cccc(-n2ccnc2SCC(=O)NCc2ccc(F)cc2)c1C. The smallest absolute Gasteiger partial charge is 0.230 e. The number of aryl methyl sites for hydroxylation is 1. The Bertz CT molecular complexity index is 906. The number of thioether (sulfide) groups is 1. The van der Waals surface area contributed by atoms with Crippen LogP contribution in [0.3, 0.4) is 0 Å². The van der Waals surface area contributed by atoms with Gasteiger partial charge in [-0.2, -0.15) is 0 Å². The first-order valence-electron chi connectivity index (χ1n) is 8.28. The fourth-order valence-corrected chi connectivity index (χ4v) is 3.36. The summed E-state index contributed by atoms with van der Waals surface area (Å²) in [5.74, 6) is -0.105. The van der Waals surface area contributed by atoms with E-state index in [9.17, 15) is 9.18 Å². The third kappa shape index (κ3) is 4.32. The molecule has 0 aliphatic rings. The molecule has 4 nitrogen and oxygen atoms in total. The van der Waals surface area contributed by atoms with E-state index in [1.807, 2.05) is 22.9 Å². The molecule has 3 aromatic rings. The van der Waals surface area contributed by atoms with E-state index < -0.39 is 0 Å². The average Bonchev–Trinajstić information content (AvgIpc) is 3.10. The van der Waals surface area contributed by atoms with E-state index in [1.165, 1.54) is 35.0 Å². The van der Waals surface area contributed by atoms with Crippen molar-refractivity contribution in [3.05, 3.63) is 77.4 Å². The molecule has 134 valence electrons. The molecule has 1 aromatic heterocycles. The molecule has 26 heavy (non-hydrogen) atoms. The van der Waals surface area contributed by atoms with Crippen molar-refractivity contribution in [1.82, 2.24) is 14.9 Å². The van der Waals surface area contributed by atoms with Gasteiger partial charge in [-0.3, -0.25) is 9.36 Å². The molecule has 0 spiro atoms. The lowest BCUT2D eigenvalue weighted by atomic mass is 10.1. The van der Waals surface area contributed by atoms with E-state index in [-0.39, 0.29) is 17.5 Å². The van der Waals surface area contributed by atoms with Gasteiger partial charge in [0.25, 0.3) is 0 Å². The van der Waals surface area contributed by atoms with Gasteiger partial charge >= 0.3 is 0 Å². The van der Waals surface area contributed by atoms with Gasteiger partial charge in [0.2, 0.25) is 5.91 Å². The number of amides is 1. The van der Waals surface area contributed by atoms with Crippen LogP contribution in [0.1, 0.15) is 16.7 Å². The molecule has 0 atom stereocenters. The fourth-order valence-electron chi connectivity index (χ4n) is 2.56. The molecular formula is C20H20FN3OS. The van der Waals surface area contributed by atoms with Crippen molar-refractivity contribution in [2.24, 2.45) is 0 Å². The number of rotatable bonds is 6. The van der Waals surface area contributed by atoms with Crippen molar-refractivity contribution in [1.29, 1.82) is 0 Å². The molecule has 0 aliphatic carbocycles. The Hall–Kier alpha value is -2.60. The highest BCUT2D eigenvalue weighted by Crippen LogP contribution is 2.24. The van der Waals surface area contributed by atoms with Crippen molar-refractivity contribution >= 4 is 17.7 Å². The van der Waals surface area contributed by atoms with E-state index in [0.717, 1.165) is 16.4 Å². The molecule has 1 N–H and O–H groups in total. The maximum absolute atomic E-state index is 12.9. The number of nitrogens with zero attached hydrogens (tertiary/aromatic N) is 2. The molecule has 0 radical (unpaired) electrons. The highest BCUT2D eigenvalue weighted by Gasteiger charge is 2.11. The first kappa shape index (κ1) is 18.2. The summed E-state index contributed by atoms with van der Waals surface area (Å²) in [6.07, 6.45) is 3.64. The van der Waals surface area contributed by atoms with Gasteiger partial charge in [0.05, 0.1) is 11.4 Å². The second kappa shape index (κ2) is 8.19. The van der Waals surface area contributed by atoms with Crippen LogP contribution in [0.25, 0.3) is 5.69 Å². The van der Waals surface area contributed by atoms with Gasteiger partial charge in [-0.25, -0.2) is 9.37 Å². The van der Waals surface area contributed by atoms with Crippen LogP contribution in [0.4, 0.5) is 4.39 Å². The van der Waals surface area contributed by atoms with Crippen molar-refractivity contribution in [2.45, 2.75) is 25.5 Å². The lowest BCUT2D eigenvalue weighted by molar-refractivity contribution is -0.118. The van der Waals surface area contributed by atoms with Crippen LogP contribution in [0, 0.1) is 19.7 Å². The number of carbonyl (C=O) groups is 1. The fraction of sp³-hybridized carbons (Fsp3) is 0.200. The Morgan fingerprint density at radius 2 is 1.96 bits per heavy atom. The number of aromatic nitrogens is 2. The molecule has 2 aromatic carbocycles. The summed E-state index contributed by atoms with van der Waals surface area (Å²) in [5, 5.41) is 3.62. The third-order valence-electron chi connectivity index (χ3n) is 4.18. The molecule has 0 bridgehead atoms. The number of carbonyl (C=O) groups excluding carboxylic acids is 1. The van der Waals surface area contributed by atoms with Crippen molar-refractivity contribution in [2.75, 3.05) is 5.75 Å². The maximum Gasteiger partial charge on any atom is 0.230 e. The van der Waals surface area contributed by atoms with Crippen LogP contribution < -0.4 is 5.32 Å². The predicted octanol–water partition coefficient (Wildman–Crippen LogP) is 4.04. The summed E-state index contributed by atoms with van der Waals surface area (Å²) in [7, 11) is 0. The monoisotopic (exact) mass is 369 g/mol. The summed E-state index contributed by atoms with van der Waals surface area (Å²) in [5.41, 5.74) is 4.33. The highest BCUT2D eigenvalue weighted by molar-refractivity contribution is 7.99. The van der Waals surface area contributed by atoms with Gasteiger partial charge in [-0.05, 0) is 48.7 Å². The number of nitrogens with one attached hydrogen (secondary N) is 1. The van der Waals surface area contributed by atoms with Crippen LogP contribution in [-0.4, -0.2) is 21.2 Å². The van der Waals surface area contributed by atoms with Crippen LogP contribution in [0.15, 0.2) is 60.0 Å². The number of imidazole rings is 1. The zero-order valence-corrected chi connectivity index (χ0v) is 15.5. The Balaban J connectivity index is 1.60. The predicted molar refractivity (Wildman–Crippen MR) is 102 cm³/mol. The van der Waals surface area contributed by atoms with Gasteiger partial charge in [-0.15, -0.1) is 0 Å². The van der Waals surface area contributed by atoms with E-state index in [2.05, 4.69) is 30.2 Å². The van der Waals surface area contributed by atoms with Crippen LogP contribution in [-0.2, 0) is 11.3 Å². The maximum atomic E-state index is 12.9. The normalized spacial score (nSPS) is 10.7. The third-order valence-corrected chi connectivity index (χ3v) is 5.14. The molecular weight excluding hydrogens is 349 g/mol. The summed E-state index contributed by atoms with van der Waals surface area (Å²) >= 11 is 1.39. The van der Waals surface area contributed by atoms with E-state index in [1.54, 1.807) is 18.3 Å². The van der Waals surface area contributed by atoms with E-state index in [4.69, 9.17) is 0 Å². The number of halogens is 1. The molecule has 3 rings (SSSR count). The van der Waals surface area contributed by atoms with Gasteiger partial charge in [-0.1, -0.05) is 36.0 Å². The summed E-state index contributed by atoms with van der Waals surface area (Å²) in [4.78, 5) is 16.5. The second-order valence-corrected chi connectivity index (χ2v) is 6.93. The van der Waals surface area contributed by atoms with E-state index in [0.29, 0.717) is 6.54 Å². The largest absolute Gasteiger partial charge is 0.351 e. The Kier molecular flexibility index (Phi) is 5.73. The molecule has 0 saturated heterocycles. The average molecular weight is 369 g/mol. The Morgan fingerprint density at radius 3 is 2.73 bits per heavy atom. The van der Waals surface area contributed by atoms with Crippen LogP contribution in [0.5, 0.6) is 0 Å². The Morgan fingerprint density at radius 1 is 1.19 bits per heavy atom. The molecule has 0 saturated carbocycles. The van der Waals surface area contributed by atoms with Gasteiger partial charge in [0.1, 0.15) is 5.82 Å². The molecule has 0 unspecified atom stereocenters. The minimum Gasteiger partial charge on any atom is -0.351 e. The van der Waals surface area contributed by atoms with E-state index >= 15 is 0 Å².